The third-order valence-corrected chi connectivity index (χ3v) is 5.55. The minimum Gasteiger partial charge on any atom is -0.324 e. The molecule has 1 unspecified atom stereocenters. The first kappa shape index (κ1) is 17.3. The van der Waals surface area contributed by atoms with Crippen LogP contribution < -0.4 is 0 Å². The summed E-state index contributed by atoms with van der Waals surface area (Å²) in [6, 6.07) is 15.4. The molecule has 26 heavy (non-hydrogen) atoms. The third-order valence-electron chi connectivity index (χ3n) is 5.36. The van der Waals surface area contributed by atoms with Crippen molar-refractivity contribution in [3.63, 3.8) is 0 Å². The van der Waals surface area contributed by atoms with Gasteiger partial charge in [-0.05, 0) is 47.6 Å². The van der Waals surface area contributed by atoms with Crippen LogP contribution in [0.1, 0.15) is 60.8 Å². The summed E-state index contributed by atoms with van der Waals surface area (Å²) in [6.45, 7) is 0. The van der Waals surface area contributed by atoms with Gasteiger partial charge in [0.05, 0.1) is 12.4 Å². The Hall–Kier alpha value is -2.13. The van der Waals surface area contributed by atoms with E-state index in [1.165, 1.54) is 55.4 Å². The fourth-order valence-corrected chi connectivity index (χ4v) is 4.21. The molecule has 1 aromatic heterocycles. The second-order valence-electron chi connectivity index (χ2n) is 7.10. The van der Waals surface area contributed by atoms with Gasteiger partial charge in [0.15, 0.2) is 0 Å². The van der Waals surface area contributed by atoms with Gasteiger partial charge < -0.3 is 4.57 Å². The molecule has 4 rings (SSSR count). The summed E-state index contributed by atoms with van der Waals surface area (Å²) in [5, 5.41) is 0.459. The maximum Gasteiger partial charge on any atom is 0.147 e. The van der Waals surface area contributed by atoms with Crippen LogP contribution in [0.4, 0.5) is 4.39 Å². The molecule has 0 bridgehead atoms. The van der Waals surface area contributed by atoms with Crippen molar-refractivity contribution in [2.75, 3.05) is 0 Å². The predicted octanol–water partition coefficient (Wildman–Crippen LogP) is 6.36. The fraction of sp³-hybridized carbons (Fsp3) is 0.318. The van der Waals surface area contributed by atoms with E-state index in [1.807, 2.05) is 22.9 Å². The molecule has 0 N–H and O–H groups in total. The summed E-state index contributed by atoms with van der Waals surface area (Å²) >= 11 is 6.07. The zero-order valence-corrected chi connectivity index (χ0v) is 15.4. The smallest absolute Gasteiger partial charge is 0.147 e. The largest absolute Gasteiger partial charge is 0.324 e. The van der Waals surface area contributed by atoms with Crippen LogP contribution in [-0.4, -0.2) is 9.55 Å². The van der Waals surface area contributed by atoms with Gasteiger partial charge in [0, 0.05) is 6.20 Å². The van der Waals surface area contributed by atoms with Gasteiger partial charge in [-0.1, -0.05) is 67.3 Å². The Morgan fingerprint density at radius 2 is 1.77 bits per heavy atom. The number of benzene rings is 2. The molecule has 0 aliphatic heterocycles. The van der Waals surface area contributed by atoms with E-state index in [1.54, 1.807) is 6.33 Å². The molecule has 1 heterocycles. The number of rotatable bonds is 4. The van der Waals surface area contributed by atoms with Gasteiger partial charge in [0.2, 0.25) is 0 Å². The first-order valence-electron chi connectivity index (χ1n) is 9.25. The lowest BCUT2D eigenvalue weighted by Crippen LogP contribution is -2.12. The molecule has 0 radical (unpaired) electrons. The SMILES string of the molecule is Fc1ccc(C(c2cccc(C3CCCCC3)c2)n2cnc(Cl)c2)cc1. The Balaban J connectivity index is 1.75. The second-order valence-corrected chi connectivity index (χ2v) is 7.49. The first-order valence-corrected chi connectivity index (χ1v) is 9.63. The number of hydrogen-bond acceptors (Lipinski definition) is 1. The highest BCUT2D eigenvalue weighted by Crippen LogP contribution is 2.35. The van der Waals surface area contributed by atoms with Crippen LogP contribution >= 0.6 is 11.6 Å². The van der Waals surface area contributed by atoms with Gasteiger partial charge in [-0.15, -0.1) is 0 Å². The van der Waals surface area contributed by atoms with Gasteiger partial charge >= 0.3 is 0 Å². The van der Waals surface area contributed by atoms with E-state index in [0.717, 1.165) is 5.56 Å². The van der Waals surface area contributed by atoms with E-state index < -0.39 is 0 Å². The maximum absolute atomic E-state index is 13.4. The molecule has 1 fully saturated rings. The number of halogens is 2. The lowest BCUT2D eigenvalue weighted by Gasteiger charge is -2.25. The van der Waals surface area contributed by atoms with Crippen molar-refractivity contribution in [1.29, 1.82) is 0 Å². The average molecular weight is 369 g/mol. The minimum absolute atomic E-state index is 0.0702. The number of hydrogen-bond donors (Lipinski definition) is 0. The summed E-state index contributed by atoms with van der Waals surface area (Å²) in [4.78, 5) is 4.17. The molecule has 2 nitrogen and oxygen atoms in total. The molecule has 1 atom stereocenters. The lowest BCUT2D eigenvalue weighted by molar-refractivity contribution is 0.443. The molecular formula is C22H22ClFN2. The van der Waals surface area contributed by atoms with E-state index in [4.69, 9.17) is 11.6 Å². The molecule has 3 aromatic rings. The molecule has 0 amide bonds. The molecule has 1 saturated carbocycles. The Morgan fingerprint density at radius 1 is 1.00 bits per heavy atom. The number of aromatic nitrogens is 2. The van der Waals surface area contributed by atoms with Crippen molar-refractivity contribution in [3.05, 3.63) is 88.7 Å². The molecule has 4 heteroatoms. The van der Waals surface area contributed by atoms with Crippen molar-refractivity contribution < 1.29 is 4.39 Å². The summed E-state index contributed by atoms with van der Waals surface area (Å²) in [5.41, 5.74) is 3.59. The van der Waals surface area contributed by atoms with E-state index in [0.29, 0.717) is 11.1 Å². The molecule has 0 saturated heterocycles. The van der Waals surface area contributed by atoms with E-state index >= 15 is 0 Å². The van der Waals surface area contributed by atoms with Crippen molar-refractivity contribution in [3.8, 4) is 0 Å². The Kier molecular flexibility index (Phi) is 5.07. The fourth-order valence-electron chi connectivity index (χ4n) is 4.05. The van der Waals surface area contributed by atoms with Crippen LogP contribution in [0.5, 0.6) is 0 Å². The van der Waals surface area contributed by atoms with Gasteiger partial charge in [-0.25, -0.2) is 9.37 Å². The van der Waals surface area contributed by atoms with Gasteiger partial charge in [-0.3, -0.25) is 0 Å². The van der Waals surface area contributed by atoms with Crippen LogP contribution in [0.15, 0.2) is 61.1 Å². The highest BCUT2D eigenvalue weighted by Gasteiger charge is 2.20. The normalized spacial score (nSPS) is 16.5. The van der Waals surface area contributed by atoms with E-state index in [2.05, 4.69) is 29.2 Å². The monoisotopic (exact) mass is 368 g/mol. The van der Waals surface area contributed by atoms with Crippen molar-refractivity contribution in [2.45, 2.75) is 44.1 Å². The summed E-state index contributed by atoms with van der Waals surface area (Å²) in [5.74, 6) is 0.413. The molecule has 1 aliphatic carbocycles. The number of nitrogens with zero attached hydrogens (tertiary/aromatic N) is 2. The maximum atomic E-state index is 13.4. The average Bonchev–Trinajstić information content (AvgIpc) is 3.10. The molecule has 2 aromatic carbocycles. The summed E-state index contributed by atoms with van der Waals surface area (Å²) in [6.07, 6.45) is 10.1. The van der Waals surface area contributed by atoms with Crippen LogP contribution in [0.25, 0.3) is 0 Å². The van der Waals surface area contributed by atoms with Crippen LogP contribution in [0.3, 0.4) is 0 Å². The molecule has 1 aliphatic rings. The van der Waals surface area contributed by atoms with Gasteiger partial charge in [-0.2, -0.15) is 0 Å². The Labute approximate surface area is 158 Å². The Bertz CT molecular complexity index is 866. The lowest BCUT2D eigenvalue weighted by atomic mass is 9.83. The summed E-state index contributed by atoms with van der Waals surface area (Å²) < 4.78 is 15.4. The zero-order valence-electron chi connectivity index (χ0n) is 14.6. The quantitative estimate of drug-likeness (QED) is 0.523. The van der Waals surface area contributed by atoms with Crippen LogP contribution in [-0.2, 0) is 0 Å². The molecular weight excluding hydrogens is 347 g/mol. The molecule has 0 spiro atoms. The topological polar surface area (TPSA) is 17.8 Å². The second kappa shape index (κ2) is 7.63. The van der Waals surface area contributed by atoms with Crippen molar-refractivity contribution >= 4 is 11.6 Å². The minimum atomic E-state index is -0.230. The van der Waals surface area contributed by atoms with Crippen molar-refractivity contribution in [2.24, 2.45) is 0 Å². The predicted molar refractivity (Wildman–Crippen MR) is 103 cm³/mol. The zero-order chi connectivity index (χ0) is 17.9. The van der Waals surface area contributed by atoms with Gasteiger partial charge in [0.25, 0.3) is 0 Å². The van der Waals surface area contributed by atoms with Gasteiger partial charge in [0.1, 0.15) is 11.0 Å². The number of imidazole rings is 1. The first-order chi connectivity index (χ1) is 12.7. The van der Waals surface area contributed by atoms with Crippen LogP contribution in [0.2, 0.25) is 5.15 Å². The highest BCUT2D eigenvalue weighted by molar-refractivity contribution is 6.29. The highest BCUT2D eigenvalue weighted by atomic mass is 35.5. The Morgan fingerprint density at radius 3 is 2.46 bits per heavy atom. The van der Waals surface area contributed by atoms with Crippen molar-refractivity contribution in [1.82, 2.24) is 9.55 Å². The molecule has 134 valence electrons. The van der Waals surface area contributed by atoms with E-state index in [9.17, 15) is 4.39 Å². The standard InChI is InChI=1S/C22H22ClFN2/c23-21-14-26(15-25-21)22(17-9-11-20(24)12-10-17)19-8-4-7-18(13-19)16-5-2-1-3-6-16/h4,7-16,22H,1-3,5-6H2. The third kappa shape index (κ3) is 3.68. The van der Waals surface area contributed by atoms with Crippen LogP contribution in [0, 0.1) is 5.82 Å². The summed E-state index contributed by atoms with van der Waals surface area (Å²) in [7, 11) is 0. The van der Waals surface area contributed by atoms with E-state index in [-0.39, 0.29) is 11.9 Å².